The van der Waals surface area contributed by atoms with Crippen molar-refractivity contribution in [3.63, 3.8) is 0 Å². The number of nitrogens with zero attached hydrogens (tertiary/aromatic N) is 2. The van der Waals surface area contributed by atoms with Crippen LogP contribution in [-0.2, 0) is 14.3 Å². The molecule has 1 heterocycles. The van der Waals surface area contributed by atoms with Gasteiger partial charge in [-0.25, -0.2) is 4.79 Å². The van der Waals surface area contributed by atoms with Crippen molar-refractivity contribution in [3.8, 4) is 0 Å². The van der Waals surface area contributed by atoms with Crippen LogP contribution in [0.25, 0.3) is 0 Å². The van der Waals surface area contributed by atoms with Gasteiger partial charge in [0.25, 0.3) is 5.91 Å². The van der Waals surface area contributed by atoms with Gasteiger partial charge in [-0.1, -0.05) is 12.1 Å². The highest BCUT2D eigenvalue weighted by Crippen LogP contribution is 2.18. The number of carbonyl (C=O) groups excluding carboxylic acids is 3. The predicted molar refractivity (Wildman–Crippen MR) is 96.1 cm³/mol. The molecule has 1 fully saturated rings. The van der Waals surface area contributed by atoms with Gasteiger partial charge in [-0.05, 0) is 26.0 Å². The first-order valence-electron chi connectivity index (χ1n) is 8.74. The molecule has 8 nitrogen and oxygen atoms in total. The Hall–Kier alpha value is -2.61. The van der Waals surface area contributed by atoms with Gasteiger partial charge in [-0.3, -0.25) is 9.59 Å². The summed E-state index contributed by atoms with van der Waals surface area (Å²) >= 11 is 0. The Bertz CT molecular complexity index is 641. The van der Waals surface area contributed by atoms with E-state index in [4.69, 9.17) is 9.47 Å². The van der Waals surface area contributed by atoms with Gasteiger partial charge in [0.1, 0.15) is 6.61 Å². The predicted octanol–water partition coefficient (Wildman–Crippen LogP) is 1.58. The quantitative estimate of drug-likeness (QED) is 0.829. The van der Waals surface area contributed by atoms with Gasteiger partial charge in [-0.15, -0.1) is 0 Å². The maximum absolute atomic E-state index is 12.8. The molecule has 0 aromatic heterocycles. The van der Waals surface area contributed by atoms with Gasteiger partial charge >= 0.3 is 6.09 Å². The number of amides is 3. The number of para-hydroxylation sites is 1. The van der Waals surface area contributed by atoms with Crippen LogP contribution < -0.4 is 5.32 Å². The normalized spacial score (nSPS) is 14.1. The van der Waals surface area contributed by atoms with Gasteiger partial charge in [0.05, 0.1) is 17.9 Å². The van der Waals surface area contributed by atoms with Gasteiger partial charge in [0.15, 0.2) is 0 Å². The molecule has 1 aliphatic rings. The SMILES string of the molecule is CCOCC(=O)Nc1ccccc1C(=O)N1CCN(C(=O)OCC)CC1. The van der Waals surface area contributed by atoms with E-state index in [2.05, 4.69) is 5.32 Å². The van der Waals surface area contributed by atoms with Crippen molar-refractivity contribution >= 4 is 23.6 Å². The van der Waals surface area contributed by atoms with E-state index in [0.29, 0.717) is 50.6 Å². The van der Waals surface area contributed by atoms with Crippen molar-refractivity contribution in [2.24, 2.45) is 0 Å². The average Bonchev–Trinajstić information content (AvgIpc) is 2.66. The number of nitrogens with one attached hydrogen (secondary N) is 1. The lowest BCUT2D eigenvalue weighted by Crippen LogP contribution is -2.50. The van der Waals surface area contributed by atoms with E-state index in [9.17, 15) is 14.4 Å². The molecular weight excluding hydrogens is 338 g/mol. The molecule has 3 amide bonds. The molecule has 1 N–H and O–H groups in total. The summed E-state index contributed by atoms with van der Waals surface area (Å²) in [5.74, 6) is -0.486. The Morgan fingerprint density at radius 2 is 1.65 bits per heavy atom. The molecule has 0 unspecified atom stereocenters. The van der Waals surface area contributed by atoms with Gasteiger partial charge in [0.2, 0.25) is 5.91 Å². The van der Waals surface area contributed by atoms with Gasteiger partial charge in [-0.2, -0.15) is 0 Å². The van der Waals surface area contributed by atoms with Crippen LogP contribution in [0.4, 0.5) is 10.5 Å². The van der Waals surface area contributed by atoms with Crippen LogP contribution in [-0.4, -0.2) is 73.7 Å². The summed E-state index contributed by atoms with van der Waals surface area (Å²) < 4.78 is 10.1. The molecule has 0 saturated carbocycles. The number of ether oxygens (including phenoxy) is 2. The van der Waals surface area contributed by atoms with Crippen LogP contribution in [0, 0.1) is 0 Å². The Morgan fingerprint density at radius 3 is 2.31 bits per heavy atom. The second-order valence-corrected chi connectivity index (χ2v) is 5.71. The number of hydrogen-bond donors (Lipinski definition) is 1. The van der Waals surface area contributed by atoms with Crippen LogP contribution in [0.15, 0.2) is 24.3 Å². The fraction of sp³-hybridized carbons (Fsp3) is 0.500. The van der Waals surface area contributed by atoms with E-state index in [0.717, 1.165) is 0 Å². The summed E-state index contributed by atoms with van der Waals surface area (Å²) in [5.41, 5.74) is 0.872. The lowest BCUT2D eigenvalue weighted by molar-refractivity contribution is -0.120. The smallest absolute Gasteiger partial charge is 0.409 e. The van der Waals surface area contributed by atoms with Crippen molar-refractivity contribution in [1.29, 1.82) is 0 Å². The molecule has 0 spiro atoms. The molecule has 2 rings (SSSR count). The van der Waals surface area contributed by atoms with Crippen molar-refractivity contribution in [2.45, 2.75) is 13.8 Å². The maximum atomic E-state index is 12.8. The average molecular weight is 363 g/mol. The zero-order valence-electron chi connectivity index (χ0n) is 15.2. The first-order valence-corrected chi connectivity index (χ1v) is 8.74. The highest BCUT2D eigenvalue weighted by atomic mass is 16.6. The molecule has 0 aliphatic carbocycles. The largest absolute Gasteiger partial charge is 0.450 e. The van der Waals surface area contributed by atoms with E-state index >= 15 is 0 Å². The minimum atomic E-state index is -0.358. The minimum Gasteiger partial charge on any atom is -0.450 e. The molecular formula is C18H25N3O5. The number of hydrogen-bond acceptors (Lipinski definition) is 5. The highest BCUT2D eigenvalue weighted by Gasteiger charge is 2.26. The van der Waals surface area contributed by atoms with Crippen LogP contribution in [0.3, 0.4) is 0 Å². The first kappa shape index (κ1) is 19.7. The summed E-state index contributed by atoms with van der Waals surface area (Å²) in [6.45, 7) is 5.95. The summed E-state index contributed by atoms with van der Waals surface area (Å²) in [6.07, 6.45) is -0.358. The lowest BCUT2D eigenvalue weighted by Gasteiger charge is -2.34. The number of rotatable bonds is 6. The number of piperazine rings is 1. The summed E-state index contributed by atoms with van der Waals surface area (Å²) in [7, 11) is 0. The highest BCUT2D eigenvalue weighted by molar-refractivity contribution is 6.04. The van der Waals surface area contributed by atoms with Crippen LogP contribution in [0.1, 0.15) is 24.2 Å². The standard InChI is InChI=1S/C18H25N3O5/c1-3-25-13-16(22)19-15-8-6-5-7-14(15)17(23)20-9-11-21(12-10-20)18(24)26-4-2/h5-8H,3-4,9-13H2,1-2H3,(H,19,22). The van der Waals surface area contributed by atoms with Crippen LogP contribution in [0.5, 0.6) is 0 Å². The maximum Gasteiger partial charge on any atom is 0.409 e. The molecule has 1 aromatic rings. The summed E-state index contributed by atoms with van der Waals surface area (Å²) in [4.78, 5) is 39.7. The number of anilines is 1. The second-order valence-electron chi connectivity index (χ2n) is 5.71. The molecule has 0 bridgehead atoms. The fourth-order valence-electron chi connectivity index (χ4n) is 2.64. The third kappa shape index (κ3) is 5.19. The van der Waals surface area contributed by atoms with Crippen LogP contribution >= 0.6 is 0 Å². The topological polar surface area (TPSA) is 88.2 Å². The van der Waals surface area contributed by atoms with E-state index in [1.807, 2.05) is 0 Å². The van der Waals surface area contributed by atoms with Crippen molar-refractivity contribution in [1.82, 2.24) is 9.80 Å². The lowest BCUT2D eigenvalue weighted by atomic mass is 10.1. The molecule has 1 aliphatic heterocycles. The Balaban J connectivity index is 2.00. The number of carbonyl (C=O) groups is 3. The van der Waals surface area contributed by atoms with Crippen molar-refractivity contribution in [2.75, 3.05) is 51.3 Å². The minimum absolute atomic E-state index is 0.0583. The fourth-order valence-corrected chi connectivity index (χ4v) is 2.64. The molecule has 0 radical (unpaired) electrons. The van der Waals surface area contributed by atoms with E-state index < -0.39 is 0 Å². The van der Waals surface area contributed by atoms with E-state index in [-0.39, 0.29) is 24.5 Å². The molecule has 1 aromatic carbocycles. The molecule has 8 heteroatoms. The monoisotopic (exact) mass is 363 g/mol. The van der Waals surface area contributed by atoms with E-state index in [1.165, 1.54) is 0 Å². The number of benzene rings is 1. The first-order chi connectivity index (χ1) is 12.6. The third-order valence-electron chi connectivity index (χ3n) is 3.96. The Labute approximate surface area is 153 Å². The Kier molecular flexibility index (Phi) is 7.40. The Morgan fingerprint density at radius 1 is 1.00 bits per heavy atom. The van der Waals surface area contributed by atoms with Gasteiger partial charge < -0.3 is 24.6 Å². The zero-order valence-corrected chi connectivity index (χ0v) is 15.2. The van der Waals surface area contributed by atoms with Crippen molar-refractivity contribution < 1.29 is 23.9 Å². The third-order valence-corrected chi connectivity index (χ3v) is 3.96. The molecule has 1 saturated heterocycles. The molecule has 26 heavy (non-hydrogen) atoms. The molecule has 142 valence electrons. The van der Waals surface area contributed by atoms with Crippen LogP contribution in [0.2, 0.25) is 0 Å². The molecule has 0 atom stereocenters. The van der Waals surface area contributed by atoms with E-state index in [1.54, 1.807) is 47.9 Å². The second kappa shape index (κ2) is 9.76. The zero-order chi connectivity index (χ0) is 18.9. The summed E-state index contributed by atoms with van der Waals surface area (Å²) in [5, 5.41) is 2.71. The van der Waals surface area contributed by atoms with Gasteiger partial charge in [0, 0.05) is 32.8 Å². The van der Waals surface area contributed by atoms with Crippen molar-refractivity contribution in [3.05, 3.63) is 29.8 Å². The summed E-state index contributed by atoms with van der Waals surface area (Å²) in [6, 6.07) is 6.87.